The third kappa shape index (κ3) is 4.65. The normalized spacial score (nSPS) is 10.3. The molecule has 152 valence electrons. The summed E-state index contributed by atoms with van der Waals surface area (Å²) < 4.78 is 28.9. The number of halogens is 2. The molecule has 0 aliphatic rings. The Morgan fingerprint density at radius 1 is 1.03 bits per heavy atom. The van der Waals surface area contributed by atoms with Crippen molar-refractivity contribution in [1.29, 1.82) is 0 Å². The average molecular weight is 414 g/mol. The molecule has 0 spiro atoms. The second kappa shape index (κ2) is 8.59. The highest BCUT2D eigenvalue weighted by molar-refractivity contribution is 6.08. The van der Waals surface area contributed by atoms with Crippen LogP contribution in [0.5, 0.6) is 0 Å². The van der Waals surface area contributed by atoms with E-state index in [2.05, 4.69) is 27.2 Å². The van der Waals surface area contributed by atoms with E-state index in [0.29, 0.717) is 16.9 Å². The third-order valence-electron chi connectivity index (χ3n) is 4.38. The Kier molecular flexibility index (Phi) is 5.54. The van der Waals surface area contributed by atoms with Crippen LogP contribution in [-0.4, -0.2) is 20.7 Å². The monoisotopic (exact) mass is 414 g/mol. The largest absolute Gasteiger partial charge is 0.322 e. The van der Waals surface area contributed by atoms with Gasteiger partial charge in [0.2, 0.25) is 0 Å². The zero-order valence-corrected chi connectivity index (χ0v) is 16.4. The molecule has 0 bridgehead atoms. The second-order valence-electron chi connectivity index (χ2n) is 6.69. The van der Waals surface area contributed by atoms with Crippen molar-refractivity contribution >= 4 is 11.6 Å². The van der Waals surface area contributed by atoms with Crippen LogP contribution >= 0.6 is 0 Å². The van der Waals surface area contributed by atoms with E-state index in [4.69, 9.17) is 0 Å². The fraction of sp³-hybridized carbons (Fsp3) is 0.0417. The van der Waals surface area contributed by atoms with Crippen molar-refractivity contribution in [2.24, 2.45) is 7.05 Å². The van der Waals surface area contributed by atoms with Gasteiger partial charge in [-0.1, -0.05) is 18.1 Å². The third-order valence-corrected chi connectivity index (χ3v) is 4.38. The molecule has 7 heteroatoms. The highest BCUT2D eigenvalue weighted by atomic mass is 19.1. The first-order valence-electron chi connectivity index (χ1n) is 9.33. The number of amides is 1. The highest BCUT2D eigenvalue weighted by Gasteiger charge is 2.20. The van der Waals surface area contributed by atoms with Crippen LogP contribution in [0.1, 0.15) is 21.6 Å². The number of pyridine rings is 1. The lowest BCUT2D eigenvalue weighted by atomic mass is 10.1. The molecule has 2 heterocycles. The summed E-state index contributed by atoms with van der Waals surface area (Å²) in [4.78, 5) is 17.0. The Balaban J connectivity index is 1.59. The molecular weight excluding hydrogens is 398 g/mol. The summed E-state index contributed by atoms with van der Waals surface area (Å²) in [6.45, 7) is 0. The van der Waals surface area contributed by atoms with Crippen molar-refractivity contribution in [3.05, 3.63) is 102 Å². The molecule has 0 unspecified atom stereocenters. The van der Waals surface area contributed by atoms with Crippen LogP contribution in [0, 0.1) is 23.5 Å². The van der Waals surface area contributed by atoms with E-state index in [0.717, 1.165) is 12.1 Å². The van der Waals surface area contributed by atoms with Crippen LogP contribution < -0.4 is 5.32 Å². The van der Waals surface area contributed by atoms with Crippen LogP contribution in [0.15, 0.2) is 73.1 Å². The number of aromatic nitrogens is 3. The Labute approximate surface area is 177 Å². The minimum atomic E-state index is -0.792. The molecule has 1 N–H and O–H groups in total. The second-order valence-corrected chi connectivity index (χ2v) is 6.69. The Hall–Kier alpha value is -4.31. The Bertz CT molecular complexity index is 1320. The van der Waals surface area contributed by atoms with Gasteiger partial charge in [0, 0.05) is 42.3 Å². The molecule has 31 heavy (non-hydrogen) atoms. The number of nitrogens with zero attached hydrogens (tertiary/aromatic N) is 3. The van der Waals surface area contributed by atoms with Gasteiger partial charge in [0.25, 0.3) is 5.91 Å². The molecule has 0 saturated heterocycles. The van der Waals surface area contributed by atoms with Crippen LogP contribution in [0.2, 0.25) is 0 Å². The average Bonchev–Trinajstić information content (AvgIpc) is 3.15. The zero-order chi connectivity index (χ0) is 21.8. The molecular formula is C24H16F2N4O. The van der Waals surface area contributed by atoms with Gasteiger partial charge in [0.05, 0.1) is 5.56 Å². The van der Waals surface area contributed by atoms with Gasteiger partial charge in [0.15, 0.2) is 0 Å². The van der Waals surface area contributed by atoms with Gasteiger partial charge in [-0.05, 0) is 48.4 Å². The van der Waals surface area contributed by atoms with Crippen LogP contribution in [0.3, 0.4) is 0 Å². The van der Waals surface area contributed by atoms with Crippen molar-refractivity contribution in [3.8, 4) is 23.1 Å². The maximum atomic E-state index is 14.3. The smallest absolute Gasteiger partial charge is 0.259 e. The summed E-state index contributed by atoms with van der Waals surface area (Å²) in [5.74, 6) is 4.00. The molecule has 2 aromatic carbocycles. The van der Waals surface area contributed by atoms with Crippen molar-refractivity contribution < 1.29 is 13.6 Å². The van der Waals surface area contributed by atoms with Crippen molar-refractivity contribution in [1.82, 2.24) is 14.8 Å². The summed E-state index contributed by atoms with van der Waals surface area (Å²) in [6.07, 6.45) is 3.15. The molecule has 0 atom stereocenters. The number of rotatable bonds is 3. The number of hydrogen-bond donors (Lipinski definition) is 1. The number of hydrogen-bond acceptors (Lipinski definition) is 3. The molecule has 0 radical (unpaired) electrons. The van der Waals surface area contributed by atoms with E-state index in [1.807, 2.05) is 18.2 Å². The minimum Gasteiger partial charge on any atom is -0.322 e. The Morgan fingerprint density at radius 2 is 1.90 bits per heavy atom. The maximum Gasteiger partial charge on any atom is 0.259 e. The minimum absolute atomic E-state index is 0.0436. The number of aryl methyl sites for hydroxylation is 1. The molecule has 0 saturated carbocycles. The summed E-state index contributed by atoms with van der Waals surface area (Å²) in [5, 5.41) is 6.96. The molecule has 1 amide bonds. The van der Waals surface area contributed by atoms with E-state index in [9.17, 15) is 13.6 Å². The molecule has 5 nitrogen and oxygen atoms in total. The lowest BCUT2D eigenvalue weighted by molar-refractivity contribution is 0.102. The number of carbonyl (C=O) groups is 1. The van der Waals surface area contributed by atoms with E-state index in [-0.39, 0.29) is 16.8 Å². The molecule has 4 rings (SSSR count). The van der Waals surface area contributed by atoms with Crippen molar-refractivity contribution in [2.45, 2.75) is 0 Å². The van der Waals surface area contributed by atoms with Gasteiger partial charge in [-0.15, -0.1) is 0 Å². The van der Waals surface area contributed by atoms with Crippen LogP contribution in [0.25, 0.3) is 11.3 Å². The lowest BCUT2D eigenvalue weighted by Gasteiger charge is -2.07. The van der Waals surface area contributed by atoms with Gasteiger partial charge in [-0.25, -0.2) is 13.8 Å². The number of nitrogens with one attached hydrogen (secondary N) is 1. The van der Waals surface area contributed by atoms with Crippen molar-refractivity contribution in [2.75, 3.05) is 5.32 Å². The fourth-order valence-corrected chi connectivity index (χ4v) is 2.98. The van der Waals surface area contributed by atoms with Crippen molar-refractivity contribution in [3.63, 3.8) is 0 Å². The maximum absolute atomic E-state index is 14.3. The summed E-state index contributed by atoms with van der Waals surface area (Å²) in [5.41, 5.74) is 2.19. The van der Waals surface area contributed by atoms with Gasteiger partial charge in [-0.2, -0.15) is 5.10 Å². The molecule has 4 aromatic rings. The fourth-order valence-electron chi connectivity index (χ4n) is 2.98. The first kappa shape index (κ1) is 20.0. The molecule has 0 aliphatic heterocycles. The number of anilines is 1. The van der Waals surface area contributed by atoms with Gasteiger partial charge in [0.1, 0.15) is 23.0 Å². The summed E-state index contributed by atoms with van der Waals surface area (Å²) in [7, 11) is 1.62. The van der Waals surface area contributed by atoms with E-state index >= 15 is 0 Å². The van der Waals surface area contributed by atoms with E-state index in [1.165, 1.54) is 16.9 Å². The number of benzene rings is 2. The SMILES string of the molecule is Cn1cc(C(=O)Nc2cccc(C#Cc3ccccn3)c2)c(-c2ccc(F)cc2F)n1. The van der Waals surface area contributed by atoms with Gasteiger partial charge >= 0.3 is 0 Å². The molecule has 0 fully saturated rings. The molecule has 0 aliphatic carbocycles. The molecule has 2 aromatic heterocycles. The highest BCUT2D eigenvalue weighted by Crippen LogP contribution is 2.26. The first-order chi connectivity index (χ1) is 15.0. The number of carbonyl (C=O) groups excluding carboxylic acids is 1. The summed E-state index contributed by atoms with van der Waals surface area (Å²) >= 11 is 0. The predicted octanol–water partition coefficient (Wildman–Crippen LogP) is 4.41. The Morgan fingerprint density at radius 3 is 2.68 bits per heavy atom. The summed E-state index contributed by atoms with van der Waals surface area (Å²) in [6, 6.07) is 15.6. The first-order valence-corrected chi connectivity index (χ1v) is 9.33. The van der Waals surface area contributed by atoms with Gasteiger partial charge in [-0.3, -0.25) is 9.48 Å². The lowest BCUT2D eigenvalue weighted by Crippen LogP contribution is -2.12. The van der Waals surface area contributed by atoms with Gasteiger partial charge < -0.3 is 5.32 Å². The topological polar surface area (TPSA) is 59.8 Å². The van der Waals surface area contributed by atoms with Crippen LogP contribution in [0.4, 0.5) is 14.5 Å². The van der Waals surface area contributed by atoms with Crippen LogP contribution in [-0.2, 0) is 7.05 Å². The zero-order valence-electron chi connectivity index (χ0n) is 16.4. The van der Waals surface area contributed by atoms with E-state index in [1.54, 1.807) is 37.5 Å². The quantitative estimate of drug-likeness (QED) is 0.505. The van der Waals surface area contributed by atoms with E-state index < -0.39 is 17.5 Å². The predicted molar refractivity (Wildman–Crippen MR) is 113 cm³/mol. The standard InChI is InChI=1S/C24H16F2N4O/c1-30-15-21(23(29-30)20-11-9-17(25)14-22(20)26)24(31)28-19-7-4-5-16(13-19)8-10-18-6-2-3-12-27-18/h2-7,9,11-15H,1H3,(H,28,31).